The van der Waals surface area contributed by atoms with Crippen molar-refractivity contribution in [2.45, 2.75) is 40.7 Å². The molecule has 0 fully saturated rings. The van der Waals surface area contributed by atoms with Gasteiger partial charge in [0, 0.05) is 13.8 Å². The van der Waals surface area contributed by atoms with E-state index in [-0.39, 0.29) is 35.2 Å². The second kappa shape index (κ2) is 12.3. The fraction of sp³-hybridized carbons (Fsp3) is 0.300. The molecule has 0 saturated heterocycles. The maximum Gasteiger partial charge on any atom is 0.338 e. The molecule has 1 aromatic heterocycles. The SMILES string of the molecule is COc1cc(C2C(C(=O)OCC(C)C)=C(C)N=c3sc(=Cc4ccc(OC(C)=O)cc4)c(=O)n32)ccc1OC(C)=O. The molecule has 0 saturated carbocycles. The van der Waals surface area contributed by atoms with E-state index >= 15 is 0 Å². The zero-order valence-electron chi connectivity index (χ0n) is 23.5. The van der Waals surface area contributed by atoms with Gasteiger partial charge in [0.25, 0.3) is 5.56 Å². The summed E-state index contributed by atoms with van der Waals surface area (Å²) >= 11 is 1.18. The average Bonchev–Trinajstić information content (AvgIpc) is 3.21. The van der Waals surface area contributed by atoms with Crippen LogP contribution in [-0.4, -0.2) is 36.2 Å². The molecule has 10 nitrogen and oxygen atoms in total. The first-order chi connectivity index (χ1) is 19.5. The molecule has 2 aromatic carbocycles. The third-order valence-electron chi connectivity index (χ3n) is 5.99. The van der Waals surface area contributed by atoms with Gasteiger partial charge in [-0.2, -0.15) is 0 Å². The van der Waals surface area contributed by atoms with Crippen molar-refractivity contribution in [3.05, 3.63) is 84.5 Å². The van der Waals surface area contributed by atoms with E-state index in [1.165, 1.54) is 36.9 Å². The molecule has 41 heavy (non-hydrogen) atoms. The van der Waals surface area contributed by atoms with Gasteiger partial charge in [-0.3, -0.25) is 19.0 Å². The number of allylic oxidation sites excluding steroid dienone is 1. The van der Waals surface area contributed by atoms with Gasteiger partial charge in [-0.1, -0.05) is 43.4 Å². The van der Waals surface area contributed by atoms with Gasteiger partial charge >= 0.3 is 17.9 Å². The Morgan fingerprint density at radius 3 is 2.32 bits per heavy atom. The van der Waals surface area contributed by atoms with Gasteiger partial charge in [0.05, 0.1) is 35.6 Å². The molecule has 1 aliphatic heterocycles. The zero-order valence-corrected chi connectivity index (χ0v) is 24.4. The van der Waals surface area contributed by atoms with Crippen LogP contribution in [0.15, 0.2) is 63.5 Å². The number of fused-ring (bicyclic) bond motifs is 1. The highest BCUT2D eigenvalue weighted by molar-refractivity contribution is 7.07. The van der Waals surface area contributed by atoms with E-state index in [0.717, 1.165) is 0 Å². The minimum absolute atomic E-state index is 0.106. The number of ether oxygens (including phenoxy) is 4. The third kappa shape index (κ3) is 6.63. The van der Waals surface area contributed by atoms with E-state index in [9.17, 15) is 19.2 Å². The third-order valence-corrected chi connectivity index (χ3v) is 6.97. The second-order valence-electron chi connectivity index (χ2n) is 9.74. The molecule has 11 heteroatoms. The van der Waals surface area contributed by atoms with Gasteiger partial charge in [0.1, 0.15) is 5.75 Å². The molecular formula is C30H30N2O8S. The quantitative estimate of drug-likeness (QED) is 0.295. The van der Waals surface area contributed by atoms with Crippen LogP contribution in [0.4, 0.5) is 0 Å². The maximum absolute atomic E-state index is 13.9. The first-order valence-electron chi connectivity index (χ1n) is 12.8. The minimum Gasteiger partial charge on any atom is -0.493 e. The number of rotatable bonds is 8. The van der Waals surface area contributed by atoms with Crippen LogP contribution in [0.5, 0.6) is 17.2 Å². The Balaban J connectivity index is 1.87. The van der Waals surface area contributed by atoms with Crippen LogP contribution < -0.4 is 29.1 Å². The monoisotopic (exact) mass is 578 g/mol. The number of esters is 3. The number of methoxy groups -OCH3 is 1. The smallest absolute Gasteiger partial charge is 0.338 e. The van der Waals surface area contributed by atoms with E-state index in [0.29, 0.717) is 31.9 Å². The largest absolute Gasteiger partial charge is 0.493 e. The Kier molecular flexibility index (Phi) is 8.87. The van der Waals surface area contributed by atoms with Crippen molar-refractivity contribution in [3.63, 3.8) is 0 Å². The molecule has 0 aliphatic carbocycles. The van der Waals surface area contributed by atoms with E-state index in [1.54, 1.807) is 55.5 Å². The number of thiazole rings is 1. The molecule has 0 amide bonds. The lowest BCUT2D eigenvalue weighted by molar-refractivity contribution is -0.140. The predicted octanol–water partition coefficient (Wildman–Crippen LogP) is 3.29. The molecule has 0 radical (unpaired) electrons. The molecule has 2 heterocycles. The zero-order chi connectivity index (χ0) is 29.8. The van der Waals surface area contributed by atoms with E-state index in [2.05, 4.69) is 4.99 Å². The number of benzene rings is 2. The van der Waals surface area contributed by atoms with Crippen LogP contribution in [-0.2, 0) is 19.1 Å². The normalized spacial score (nSPS) is 14.8. The topological polar surface area (TPSA) is 122 Å². The van der Waals surface area contributed by atoms with Gasteiger partial charge in [-0.25, -0.2) is 9.79 Å². The van der Waals surface area contributed by atoms with Crippen molar-refractivity contribution < 1.29 is 33.3 Å². The van der Waals surface area contributed by atoms with Crippen LogP contribution in [0.3, 0.4) is 0 Å². The Morgan fingerprint density at radius 2 is 1.71 bits per heavy atom. The highest BCUT2D eigenvalue weighted by Gasteiger charge is 2.34. The summed E-state index contributed by atoms with van der Waals surface area (Å²) in [6, 6.07) is 10.7. The van der Waals surface area contributed by atoms with Gasteiger partial charge in [-0.05, 0) is 54.3 Å². The van der Waals surface area contributed by atoms with Crippen LogP contribution in [0.1, 0.15) is 51.8 Å². The molecule has 1 aliphatic rings. The summed E-state index contributed by atoms with van der Waals surface area (Å²) in [6.45, 7) is 8.36. The molecule has 214 valence electrons. The average molecular weight is 579 g/mol. The highest BCUT2D eigenvalue weighted by atomic mass is 32.1. The van der Waals surface area contributed by atoms with Crippen molar-refractivity contribution in [1.29, 1.82) is 0 Å². The lowest BCUT2D eigenvalue weighted by Gasteiger charge is -2.25. The van der Waals surface area contributed by atoms with Gasteiger partial charge in [-0.15, -0.1) is 0 Å². The molecule has 0 bridgehead atoms. The van der Waals surface area contributed by atoms with Gasteiger partial charge in [0.15, 0.2) is 16.3 Å². The molecule has 1 unspecified atom stereocenters. The van der Waals surface area contributed by atoms with Crippen LogP contribution in [0.2, 0.25) is 0 Å². The molecule has 1 atom stereocenters. The van der Waals surface area contributed by atoms with E-state index in [4.69, 9.17) is 18.9 Å². The second-order valence-corrected chi connectivity index (χ2v) is 10.7. The summed E-state index contributed by atoms with van der Waals surface area (Å²) in [5, 5.41) is 0. The molecule has 0 N–H and O–H groups in total. The molecule has 3 aromatic rings. The van der Waals surface area contributed by atoms with Crippen molar-refractivity contribution in [2.24, 2.45) is 10.9 Å². The van der Waals surface area contributed by atoms with E-state index in [1.807, 2.05) is 13.8 Å². The Labute approximate surface area is 240 Å². The fourth-order valence-electron chi connectivity index (χ4n) is 4.26. The van der Waals surface area contributed by atoms with Crippen LogP contribution >= 0.6 is 11.3 Å². The Hall–Kier alpha value is -4.51. The fourth-order valence-corrected chi connectivity index (χ4v) is 5.31. The van der Waals surface area contributed by atoms with Crippen LogP contribution in [0, 0.1) is 5.92 Å². The lowest BCUT2D eigenvalue weighted by Crippen LogP contribution is -2.40. The summed E-state index contributed by atoms with van der Waals surface area (Å²) in [6.07, 6.45) is 1.71. The van der Waals surface area contributed by atoms with Crippen molar-refractivity contribution in [3.8, 4) is 17.2 Å². The van der Waals surface area contributed by atoms with Gasteiger partial charge < -0.3 is 18.9 Å². The standard InChI is InChI=1S/C30H30N2O8S/c1-16(2)15-38-29(36)26-17(3)31-30-32(27(26)21-9-12-23(40-19(5)34)24(14-21)37-6)28(35)25(41-30)13-20-7-10-22(11-8-20)39-18(4)33/h7-14,16,27H,15H2,1-6H3. The maximum atomic E-state index is 13.9. The number of hydrogen-bond donors (Lipinski definition) is 0. The number of nitrogens with zero attached hydrogens (tertiary/aromatic N) is 2. The van der Waals surface area contributed by atoms with Crippen molar-refractivity contribution in [1.82, 2.24) is 4.57 Å². The van der Waals surface area contributed by atoms with Gasteiger partial charge in [0.2, 0.25) is 0 Å². The number of carbonyl (C=O) groups is 3. The first-order valence-corrected chi connectivity index (χ1v) is 13.6. The molecule has 4 rings (SSSR count). The van der Waals surface area contributed by atoms with Crippen molar-refractivity contribution >= 4 is 35.3 Å². The first kappa shape index (κ1) is 29.5. The summed E-state index contributed by atoms with van der Waals surface area (Å²) in [5.41, 5.74) is 1.54. The lowest BCUT2D eigenvalue weighted by atomic mass is 9.95. The van der Waals surface area contributed by atoms with Crippen molar-refractivity contribution in [2.75, 3.05) is 13.7 Å². The molecule has 0 spiro atoms. The Morgan fingerprint density at radius 1 is 1.02 bits per heavy atom. The molecular weight excluding hydrogens is 548 g/mol. The summed E-state index contributed by atoms with van der Waals surface area (Å²) in [7, 11) is 1.43. The summed E-state index contributed by atoms with van der Waals surface area (Å²) < 4.78 is 23.2. The number of carbonyl (C=O) groups excluding carboxylic acids is 3. The van der Waals surface area contributed by atoms with E-state index < -0.39 is 23.9 Å². The van der Waals surface area contributed by atoms with Crippen LogP contribution in [0.25, 0.3) is 6.08 Å². The summed E-state index contributed by atoms with van der Waals surface area (Å²) in [5.74, 6) is -0.559. The minimum atomic E-state index is -0.875. The summed E-state index contributed by atoms with van der Waals surface area (Å²) in [4.78, 5) is 55.1. The predicted molar refractivity (Wildman–Crippen MR) is 152 cm³/mol. The highest BCUT2D eigenvalue weighted by Crippen LogP contribution is 2.36. The number of hydrogen-bond acceptors (Lipinski definition) is 10. The number of aromatic nitrogens is 1. The Bertz CT molecular complexity index is 1710.